The minimum Gasteiger partial charge on any atom is -0.478 e. The first-order valence-electron chi connectivity index (χ1n) is 5.88. The van der Waals surface area contributed by atoms with Gasteiger partial charge < -0.3 is 10.4 Å². The molecule has 0 radical (unpaired) electrons. The molecule has 0 fully saturated rings. The molecule has 0 spiro atoms. The van der Waals surface area contributed by atoms with Crippen LogP contribution in [0.5, 0.6) is 0 Å². The summed E-state index contributed by atoms with van der Waals surface area (Å²) < 4.78 is 22.7. The third-order valence-corrected chi connectivity index (χ3v) is 5.16. The van der Waals surface area contributed by atoms with Gasteiger partial charge in [0.15, 0.2) is 9.84 Å². The molecule has 1 amide bonds. The molecule has 0 atom stereocenters. The monoisotopic (exact) mass is 299 g/mol. The maximum Gasteiger partial charge on any atom is 0.335 e. The third kappa shape index (κ3) is 4.06. The Balaban J connectivity index is 2.83. The highest BCUT2D eigenvalue weighted by molar-refractivity contribution is 7.93. The number of rotatable bonds is 4. The Morgan fingerprint density at radius 1 is 1.25 bits per heavy atom. The van der Waals surface area contributed by atoms with Gasteiger partial charge >= 0.3 is 5.97 Å². The predicted octanol–water partition coefficient (Wildman–Crippen LogP) is 1.54. The fraction of sp³-hybridized carbons (Fsp3) is 0.385. The van der Waals surface area contributed by atoms with Crippen LogP contribution in [0.15, 0.2) is 24.3 Å². The summed E-state index contributed by atoms with van der Waals surface area (Å²) in [5.41, 5.74) is 0.264. The van der Waals surface area contributed by atoms with Gasteiger partial charge in [-0.15, -0.1) is 0 Å². The van der Waals surface area contributed by atoms with Crippen molar-refractivity contribution in [3.8, 4) is 0 Å². The van der Waals surface area contributed by atoms with Gasteiger partial charge in [0.1, 0.15) is 5.75 Å². The van der Waals surface area contributed by atoms with Gasteiger partial charge in [-0.25, -0.2) is 13.2 Å². The van der Waals surface area contributed by atoms with E-state index < -0.39 is 32.2 Å². The molecule has 0 aromatic heterocycles. The molecule has 7 heteroatoms. The number of carboxylic acids is 1. The van der Waals surface area contributed by atoms with E-state index in [1.165, 1.54) is 45.0 Å². The van der Waals surface area contributed by atoms with Gasteiger partial charge in [0, 0.05) is 5.69 Å². The number of carbonyl (C=O) groups is 2. The van der Waals surface area contributed by atoms with Gasteiger partial charge in [-0.3, -0.25) is 4.79 Å². The second kappa shape index (κ2) is 5.62. The third-order valence-electron chi connectivity index (χ3n) is 2.65. The summed E-state index contributed by atoms with van der Waals surface area (Å²) in [6, 6.07) is 5.61. The lowest BCUT2D eigenvalue weighted by atomic mass is 10.2. The zero-order valence-corrected chi connectivity index (χ0v) is 12.3. The van der Waals surface area contributed by atoms with Crippen molar-refractivity contribution >= 4 is 27.4 Å². The van der Waals surface area contributed by atoms with Crippen molar-refractivity contribution in [1.29, 1.82) is 0 Å². The normalized spacial score (nSPS) is 11.9. The van der Waals surface area contributed by atoms with E-state index in [2.05, 4.69) is 5.32 Å². The van der Waals surface area contributed by atoms with E-state index in [9.17, 15) is 18.0 Å². The molecule has 0 heterocycles. The second-order valence-corrected chi connectivity index (χ2v) is 8.05. The molecule has 0 unspecified atom stereocenters. The van der Waals surface area contributed by atoms with Crippen molar-refractivity contribution in [3.63, 3.8) is 0 Å². The lowest BCUT2D eigenvalue weighted by Gasteiger charge is -2.18. The molecule has 1 aromatic rings. The van der Waals surface area contributed by atoms with Crippen LogP contribution in [0.1, 0.15) is 31.1 Å². The van der Waals surface area contributed by atoms with E-state index in [1.54, 1.807) is 0 Å². The Bertz CT molecular complexity index is 628. The Hall–Kier alpha value is -1.89. The highest BCUT2D eigenvalue weighted by Crippen LogP contribution is 2.17. The summed E-state index contributed by atoms with van der Waals surface area (Å²) in [5, 5.41) is 11.2. The Labute approximate surface area is 117 Å². The summed E-state index contributed by atoms with van der Waals surface area (Å²) >= 11 is 0. The number of anilines is 1. The summed E-state index contributed by atoms with van der Waals surface area (Å²) in [7, 11) is -3.57. The van der Waals surface area contributed by atoms with Gasteiger partial charge in [-0.05, 0) is 39.0 Å². The van der Waals surface area contributed by atoms with Gasteiger partial charge in [0.05, 0.1) is 10.3 Å². The number of benzene rings is 1. The first kappa shape index (κ1) is 16.2. The van der Waals surface area contributed by atoms with Crippen LogP contribution in [-0.2, 0) is 14.6 Å². The molecule has 0 aliphatic carbocycles. The van der Waals surface area contributed by atoms with Crippen molar-refractivity contribution in [2.24, 2.45) is 0 Å². The van der Waals surface area contributed by atoms with E-state index in [1.807, 2.05) is 0 Å². The van der Waals surface area contributed by atoms with Crippen LogP contribution < -0.4 is 5.32 Å². The SMILES string of the molecule is CC(C)(C)S(=O)(=O)CC(=O)Nc1cccc(C(=O)O)c1. The van der Waals surface area contributed by atoms with Crippen LogP contribution in [-0.4, -0.2) is 35.9 Å². The van der Waals surface area contributed by atoms with E-state index in [4.69, 9.17) is 5.11 Å². The quantitative estimate of drug-likeness (QED) is 0.878. The number of hydrogen-bond acceptors (Lipinski definition) is 4. The molecule has 20 heavy (non-hydrogen) atoms. The number of hydrogen-bond donors (Lipinski definition) is 2. The number of sulfone groups is 1. The largest absolute Gasteiger partial charge is 0.478 e. The molecule has 2 N–H and O–H groups in total. The van der Waals surface area contributed by atoms with Crippen LogP contribution in [0.2, 0.25) is 0 Å². The van der Waals surface area contributed by atoms with Gasteiger partial charge in [-0.2, -0.15) is 0 Å². The van der Waals surface area contributed by atoms with Crippen molar-refractivity contribution < 1.29 is 23.1 Å². The smallest absolute Gasteiger partial charge is 0.335 e. The van der Waals surface area contributed by atoms with Crippen LogP contribution in [0, 0.1) is 0 Å². The maximum atomic E-state index is 11.9. The first-order valence-corrected chi connectivity index (χ1v) is 7.54. The van der Waals surface area contributed by atoms with Crippen molar-refractivity contribution in [3.05, 3.63) is 29.8 Å². The lowest BCUT2D eigenvalue weighted by Crippen LogP contribution is -2.35. The van der Waals surface area contributed by atoms with Gasteiger partial charge in [0.25, 0.3) is 0 Å². The Morgan fingerprint density at radius 2 is 1.85 bits per heavy atom. The molecule has 6 nitrogen and oxygen atoms in total. The zero-order chi connectivity index (χ0) is 15.6. The molecule has 1 aromatic carbocycles. The van der Waals surface area contributed by atoms with E-state index in [0.717, 1.165) is 0 Å². The average molecular weight is 299 g/mol. The molecular weight excluding hydrogens is 282 g/mol. The van der Waals surface area contributed by atoms with Crippen molar-refractivity contribution in [2.75, 3.05) is 11.1 Å². The zero-order valence-electron chi connectivity index (χ0n) is 11.5. The average Bonchev–Trinajstić information content (AvgIpc) is 2.26. The Morgan fingerprint density at radius 3 is 2.35 bits per heavy atom. The standard InChI is InChI=1S/C13H17NO5S/c1-13(2,3)20(18,19)8-11(15)14-10-6-4-5-9(7-10)12(16)17/h4-7H,8H2,1-3H3,(H,14,15)(H,16,17). The molecule has 0 saturated carbocycles. The lowest BCUT2D eigenvalue weighted by molar-refractivity contribution is -0.113. The first-order chi connectivity index (χ1) is 9.03. The molecule has 0 aliphatic rings. The Kier molecular flexibility index (Phi) is 4.54. The highest BCUT2D eigenvalue weighted by atomic mass is 32.2. The van der Waals surface area contributed by atoms with E-state index in [-0.39, 0.29) is 11.3 Å². The van der Waals surface area contributed by atoms with Crippen molar-refractivity contribution in [2.45, 2.75) is 25.5 Å². The van der Waals surface area contributed by atoms with E-state index >= 15 is 0 Å². The summed E-state index contributed by atoms with van der Waals surface area (Å²) in [6.45, 7) is 4.54. The number of carboxylic acid groups (broad SMARTS) is 1. The van der Waals surface area contributed by atoms with Gasteiger partial charge in [-0.1, -0.05) is 6.07 Å². The molecule has 0 saturated heterocycles. The van der Waals surface area contributed by atoms with Crippen LogP contribution in [0.4, 0.5) is 5.69 Å². The minimum atomic E-state index is -3.57. The van der Waals surface area contributed by atoms with Crippen molar-refractivity contribution in [1.82, 2.24) is 0 Å². The van der Waals surface area contributed by atoms with Crippen LogP contribution in [0.25, 0.3) is 0 Å². The highest BCUT2D eigenvalue weighted by Gasteiger charge is 2.31. The van der Waals surface area contributed by atoms with Crippen LogP contribution >= 0.6 is 0 Å². The fourth-order valence-corrected chi connectivity index (χ4v) is 2.17. The summed E-state index contributed by atoms with van der Waals surface area (Å²) in [4.78, 5) is 22.5. The number of nitrogens with one attached hydrogen (secondary N) is 1. The van der Waals surface area contributed by atoms with Crippen LogP contribution in [0.3, 0.4) is 0 Å². The molecule has 0 aliphatic heterocycles. The summed E-state index contributed by atoms with van der Waals surface area (Å²) in [5.74, 6) is -2.46. The van der Waals surface area contributed by atoms with Gasteiger partial charge in [0.2, 0.25) is 5.91 Å². The summed E-state index contributed by atoms with van der Waals surface area (Å²) in [6.07, 6.45) is 0. The topological polar surface area (TPSA) is 101 Å². The number of aromatic carboxylic acids is 1. The molecule has 1 rings (SSSR count). The maximum absolute atomic E-state index is 11.9. The second-order valence-electron chi connectivity index (χ2n) is 5.31. The molecule has 110 valence electrons. The fourth-order valence-electron chi connectivity index (χ4n) is 1.32. The number of amides is 1. The predicted molar refractivity (Wildman–Crippen MR) is 75.6 cm³/mol. The van der Waals surface area contributed by atoms with E-state index in [0.29, 0.717) is 0 Å². The molecule has 0 bridgehead atoms. The minimum absolute atomic E-state index is 0.0153. The molecular formula is C13H17NO5S. The number of carbonyl (C=O) groups excluding carboxylic acids is 1.